The van der Waals surface area contributed by atoms with Gasteiger partial charge in [0.25, 0.3) is 5.56 Å². The summed E-state index contributed by atoms with van der Waals surface area (Å²) >= 11 is 1.61. The van der Waals surface area contributed by atoms with Crippen LogP contribution in [-0.2, 0) is 20.6 Å². The number of aromatic nitrogens is 8. The molecule has 0 aromatic carbocycles. The molecule has 0 unspecified atom stereocenters. The first kappa shape index (κ1) is 19.7. The molecule has 0 amide bonds. The Hall–Kier alpha value is -3.21. The Morgan fingerprint density at radius 2 is 1.90 bits per heavy atom. The lowest BCUT2D eigenvalue weighted by molar-refractivity contribution is 0.593. The van der Waals surface area contributed by atoms with Crippen LogP contribution in [0.25, 0.3) is 22.6 Å². The van der Waals surface area contributed by atoms with Crippen molar-refractivity contribution in [1.29, 1.82) is 0 Å². The predicted octanol–water partition coefficient (Wildman–Crippen LogP) is 1.60. The van der Waals surface area contributed by atoms with Gasteiger partial charge in [-0.2, -0.15) is 0 Å². The van der Waals surface area contributed by atoms with Gasteiger partial charge in [0.15, 0.2) is 22.1 Å². The highest BCUT2D eigenvalue weighted by molar-refractivity contribution is 7.99. The van der Waals surface area contributed by atoms with E-state index in [9.17, 15) is 9.59 Å². The molecule has 0 N–H and O–H groups in total. The fourth-order valence-electron chi connectivity index (χ4n) is 3.71. The van der Waals surface area contributed by atoms with Crippen molar-refractivity contribution in [3.05, 3.63) is 51.7 Å². The van der Waals surface area contributed by atoms with Crippen molar-refractivity contribution in [2.24, 2.45) is 14.1 Å². The second-order valence-corrected chi connectivity index (χ2v) is 8.73. The third kappa shape index (κ3) is 3.48. The maximum absolute atomic E-state index is 12.8. The van der Waals surface area contributed by atoms with Crippen LogP contribution in [0.3, 0.4) is 0 Å². The monoisotopic (exact) mass is 438 g/mol. The lowest BCUT2D eigenvalue weighted by Crippen LogP contribution is -2.39. The number of hydrogen-bond donors (Lipinski definition) is 0. The highest BCUT2D eigenvalue weighted by Crippen LogP contribution is 2.41. The summed E-state index contributed by atoms with van der Waals surface area (Å²) < 4.78 is 6.57. The van der Waals surface area contributed by atoms with Crippen LogP contribution in [-0.4, -0.2) is 44.2 Å². The Morgan fingerprint density at radius 3 is 2.65 bits per heavy atom. The molecule has 11 heteroatoms. The van der Waals surface area contributed by atoms with Gasteiger partial charge in [0.1, 0.15) is 0 Å². The van der Waals surface area contributed by atoms with E-state index >= 15 is 0 Å². The molecule has 4 heterocycles. The van der Waals surface area contributed by atoms with Crippen LogP contribution in [0, 0.1) is 0 Å². The number of aryl methyl sites for hydroxylation is 2. The quantitative estimate of drug-likeness (QED) is 0.319. The second kappa shape index (κ2) is 7.80. The number of fused-ring (bicyclic) bond motifs is 1. The molecule has 0 saturated heterocycles. The van der Waals surface area contributed by atoms with E-state index in [4.69, 9.17) is 0 Å². The van der Waals surface area contributed by atoms with Crippen LogP contribution in [0.15, 0.2) is 45.6 Å². The van der Waals surface area contributed by atoms with Crippen molar-refractivity contribution in [1.82, 2.24) is 38.4 Å². The van der Waals surface area contributed by atoms with Crippen molar-refractivity contribution in [3.63, 3.8) is 0 Å². The first-order chi connectivity index (χ1) is 15.1. The molecule has 1 aliphatic rings. The molecule has 0 atom stereocenters. The van der Waals surface area contributed by atoms with Crippen LogP contribution in [0.2, 0.25) is 0 Å². The Balaban J connectivity index is 1.33. The van der Waals surface area contributed by atoms with Crippen LogP contribution in [0.1, 0.15) is 25.3 Å². The van der Waals surface area contributed by atoms with Crippen molar-refractivity contribution >= 4 is 22.9 Å². The Labute approximate surface area is 181 Å². The molecule has 4 aromatic rings. The molecular formula is C20H22N8O2S. The van der Waals surface area contributed by atoms with Crippen LogP contribution in [0.5, 0.6) is 0 Å². The molecule has 0 aliphatic heterocycles. The van der Waals surface area contributed by atoms with E-state index in [2.05, 4.69) is 24.7 Å². The van der Waals surface area contributed by atoms with Gasteiger partial charge in [-0.3, -0.25) is 23.5 Å². The predicted molar refractivity (Wildman–Crippen MR) is 117 cm³/mol. The van der Waals surface area contributed by atoms with Gasteiger partial charge in [-0.15, -0.1) is 10.2 Å². The molecule has 10 nitrogen and oxygen atoms in total. The highest BCUT2D eigenvalue weighted by Gasteiger charge is 2.30. The minimum Gasteiger partial charge on any atom is -0.328 e. The molecule has 1 aliphatic carbocycles. The minimum absolute atomic E-state index is 0.302. The largest absolute Gasteiger partial charge is 0.332 e. The molecule has 5 rings (SSSR count). The number of thioether (sulfide) groups is 1. The summed E-state index contributed by atoms with van der Waals surface area (Å²) in [6.45, 7) is 0.342. The Kier molecular flexibility index (Phi) is 4.97. The Bertz CT molecular complexity index is 1360. The first-order valence-corrected chi connectivity index (χ1v) is 11.1. The van der Waals surface area contributed by atoms with E-state index < -0.39 is 0 Å². The summed E-state index contributed by atoms with van der Waals surface area (Å²) in [6.07, 6.45) is 7.97. The van der Waals surface area contributed by atoms with Gasteiger partial charge in [-0.1, -0.05) is 11.8 Å². The van der Waals surface area contributed by atoms with Gasteiger partial charge < -0.3 is 4.57 Å². The van der Waals surface area contributed by atoms with E-state index in [1.165, 1.54) is 9.13 Å². The lowest BCUT2D eigenvalue weighted by atomic mass is 10.2. The van der Waals surface area contributed by atoms with Crippen molar-refractivity contribution in [2.75, 3.05) is 5.75 Å². The zero-order chi connectivity index (χ0) is 21.5. The number of imidazole rings is 1. The molecule has 0 spiro atoms. The average Bonchev–Trinajstić information content (AvgIpc) is 3.41. The first-order valence-electron chi connectivity index (χ1n) is 10.1. The summed E-state index contributed by atoms with van der Waals surface area (Å²) in [7, 11) is 3.40. The van der Waals surface area contributed by atoms with Crippen molar-refractivity contribution in [3.8, 4) is 11.4 Å². The fourth-order valence-corrected chi connectivity index (χ4v) is 4.64. The highest BCUT2D eigenvalue weighted by atomic mass is 32.2. The van der Waals surface area contributed by atoms with Gasteiger partial charge in [-0.05, 0) is 31.4 Å². The number of hydrogen-bond acceptors (Lipinski definition) is 7. The lowest BCUT2D eigenvalue weighted by Gasteiger charge is -2.10. The van der Waals surface area contributed by atoms with E-state index in [0.717, 1.165) is 35.1 Å². The number of nitrogens with zero attached hydrogens (tertiary/aromatic N) is 8. The van der Waals surface area contributed by atoms with Gasteiger partial charge in [-0.25, -0.2) is 9.78 Å². The maximum atomic E-state index is 12.8. The average molecular weight is 439 g/mol. The normalized spacial score (nSPS) is 13.9. The van der Waals surface area contributed by atoms with E-state index in [0.29, 0.717) is 30.2 Å². The molecule has 1 saturated carbocycles. The van der Waals surface area contributed by atoms with E-state index in [1.54, 1.807) is 49.1 Å². The number of rotatable bonds is 7. The summed E-state index contributed by atoms with van der Waals surface area (Å²) in [5.41, 5.74) is 1.20. The molecule has 160 valence electrons. The molecule has 4 aromatic heterocycles. The van der Waals surface area contributed by atoms with Gasteiger partial charge in [0.2, 0.25) is 0 Å². The van der Waals surface area contributed by atoms with Gasteiger partial charge in [0, 0.05) is 50.4 Å². The van der Waals surface area contributed by atoms with Crippen molar-refractivity contribution in [2.45, 2.75) is 37.0 Å². The smallest absolute Gasteiger partial charge is 0.328 e. The Morgan fingerprint density at radius 1 is 1.13 bits per heavy atom. The molecule has 31 heavy (non-hydrogen) atoms. The van der Waals surface area contributed by atoms with Crippen LogP contribution < -0.4 is 11.2 Å². The molecular weight excluding hydrogens is 416 g/mol. The standard InChI is InChI=1S/C20H22N8O2S/c1-25-12-22-17-15(25)18(29)27(20(30)26(17)2)10-3-11-31-19-24-23-16(28(19)14-4-5-14)13-6-8-21-9-7-13/h6-9,12,14H,3-5,10-11H2,1-2H3. The third-order valence-corrected chi connectivity index (χ3v) is 6.50. The topological polar surface area (TPSA) is 105 Å². The maximum Gasteiger partial charge on any atom is 0.332 e. The summed E-state index contributed by atoms with van der Waals surface area (Å²) in [6, 6.07) is 4.31. The number of pyridine rings is 1. The van der Waals surface area contributed by atoms with E-state index in [-0.39, 0.29) is 11.2 Å². The van der Waals surface area contributed by atoms with Crippen LogP contribution in [0.4, 0.5) is 0 Å². The zero-order valence-electron chi connectivity index (χ0n) is 17.3. The van der Waals surface area contributed by atoms with E-state index in [1.807, 2.05) is 12.1 Å². The second-order valence-electron chi connectivity index (χ2n) is 7.67. The molecule has 0 bridgehead atoms. The molecule has 0 radical (unpaired) electrons. The van der Waals surface area contributed by atoms with Crippen LogP contribution >= 0.6 is 11.8 Å². The minimum atomic E-state index is -0.345. The summed E-state index contributed by atoms with van der Waals surface area (Å²) in [5, 5.41) is 9.68. The van der Waals surface area contributed by atoms with Crippen molar-refractivity contribution < 1.29 is 0 Å². The van der Waals surface area contributed by atoms with Gasteiger partial charge >= 0.3 is 5.69 Å². The third-order valence-electron chi connectivity index (χ3n) is 5.47. The molecule has 1 fully saturated rings. The zero-order valence-corrected chi connectivity index (χ0v) is 18.1. The SMILES string of the molecule is Cn1cnc2c1c(=O)n(CCCSc1nnc(-c3ccncc3)n1C1CC1)c(=O)n2C. The summed E-state index contributed by atoms with van der Waals surface area (Å²) in [4.78, 5) is 33.7. The summed E-state index contributed by atoms with van der Waals surface area (Å²) in [5.74, 6) is 1.58. The van der Waals surface area contributed by atoms with Gasteiger partial charge in [0.05, 0.1) is 6.33 Å². The fraction of sp³-hybridized carbons (Fsp3) is 0.400.